The first-order valence-electron chi connectivity index (χ1n) is 7.56. The molecule has 3 rings (SSSR count). The highest BCUT2D eigenvalue weighted by atomic mass is 16.8. The molecule has 2 aromatic carbocycles. The van der Waals surface area contributed by atoms with Gasteiger partial charge in [-0.05, 0) is 11.1 Å². The van der Waals surface area contributed by atoms with E-state index in [1.165, 1.54) is 0 Å². The number of amides is 1. The maximum absolute atomic E-state index is 12.4. The van der Waals surface area contributed by atoms with Gasteiger partial charge in [0, 0.05) is 5.92 Å². The van der Waals surface area contributed by atoms with Gasteiger partial charge in [0.05, 0.1) is 6.04 Å². The van der Waals surface area contributed by atoms with E-state index in [0.29, 0.717) is 0 Å². The highest BCUT2D eigenvalue weighted by molar-refractivity contribution is 5.67. The maximum atomic E-state index is 12.4. The van der Waals surface area contributed by atoms with Crippen LogP contribution in [0.2, 0.25) is 0 Å². The second-order valence-electron chi connectivity index (χ2n) is 5.58. The average Bonchev–Trinajstić information content (AvgIpc) is 2.90. The van der Waals surface area contributed by atoms with E-state index >= 15 is 0 Å². The molecule has 1 heterocycles. The Bertz CT molecular complexity index is 647. The lowest BCUT2D eigenvalue weighted by Gasteiger charge is -2.23. The summed E-state index contributed by atoms with van der Waals surface area (Å²) in [7, 11) is 0. The zero-order valence-corrected chi connectivity index (χ0v) is 12.8. The smallest absolute Gasteiger partial charge is 0.434 e. The van der Waals surface area contributed by atoms with Gasteiger partial charge in [0.2, 0.25) is 0 Å². The average molecular weight is 313 g/mol. The van der Waals surface area contributed by atoms with Crippen molar-refractivity contribution in [1.82, 2.24) is 5.06 Å². The molecule has 0 spiro atoms. The number of aliphatic hydroxyl groups excluding tert-OH is 1. The Labute approximate surface area is 135 Å². The number of carbonyl (C=O) groups is 1. The molecule has 120 valence electrons. The number of hydrogen-bond acceptors (Lipinski definition) is 4. The summed E-state index contributed by atoms with van der Waals surface area (Å²) in [6, 6.07) is 18.5. The number of hydroxylamine groups is 2. The van der Waals surface area contributed by atoms with Crippen molar-refractivity contribution in [1.29, 1.82) is 0 Å². The molecule has 1 fully saturated rings. The molecule has 0 saturated carbocycles. The molecule has 0 aromatic heterocycles. The van der Waals surface area contributed by atoms with Gasteiger partial charge in [-0.3, -0.25) is 0 Å². The van der Waals surface area contributed by atoms with Crippen LogP contribution < -0.4 is 0 Å². The van der Waals surface area contributed by atoms with Gasteiger partial charge in [0.25, 0.3) is 0 Å². The lowest BCUT2D eigenvalue weighted by molar-refractivity contribution is -0.206. The van der Waals surface area contributed by atoms with Crippen LogP contribution in [-0.2, 0) is 16.2 Å². The van der Waals surface area contributed by atoms with Gasteiger partial charge in [-0.25, -0.2) is 9.63 Å². The van der Waals surface area contributed by atoms with Gasteiger partial charge in [-0.15, -0.1) is 0 Å². The summed E-state index contributed by atoms with van der Waals surface area (Å²) in [4.78, 5) is 17.7. The first-order chi connectivity index (χ1) is 11.2. The van der Waals surface area contributed by atoms with Crippen LogP contribution in [0.1, 0.15) is 24.1 Å². The highest BCUT2D eigenvalue weighted by Gasteiger charge is 2.44. The number of hydrogen-bond donors (Lipinski definition) is 1. The Kier molecular flexibility index (Phi) is 4.60. The van der Waals surface area contributed by atoms with Crippen LogP contribution in [-0.4, -0.2) is 22.6 Å². The van der Waals surface area contributed by atoms with Crippen molar-refractivity contribution in [2.45, 2.75) is 25.9 Å². The van der Waals surface area contributed by atoms with E-state index in [2.05, 4.69) is 0 Å². The van der Waals surface area contributed by atoms with Crippen LogP contribution in [0.4, 0.5) is 4.79 Å². The minimum atomic E-state index is -1.04. The molecule has 1 saturated heterocycles. The largest absolute Gasteiger partial charge is 0.443 e. The number of aliphatic hydroxyl groups is 1. The van der Waals surface area contributed by atoms with Crippen LogP contribution >= 0.6 is 0 Å². The van der Waals surface area contributed by atoms with Crippen molar-refractivity contribution in [2.75, 3.05) is 0 Å². The number of nitrogens with zero attached hydrogens (tertiary/aromatic N) is 1. The summed E-state index contributed by atoms with van der Waals surface area (Å²) in [5, 5.41) is 11.1. The van der Waals surface area contributed by atoms with Crippen molar-refractivity contribution in [2.24, 2.45) is 5.92 Å². The van der Waals surface area contributed by atoms with Crippen LogP contribution in [0, 0.1) is 5.92 Å². The standard InChI is InChI=1S/C18H19NO4/c1-13-16(15-10-6-3-7-11-15)19(23-17(13)20)18(21)22-12-14-8-4-2-5-9-14/h2-11,13,16-17,20H,12H2,1H3. The number of rotatable bonds is 3. The third-order valence-electron chi connectivity index (χ3n) is 3.95. The topological polar surface area (TPSA) is 59.0 Å². The summed E-state index contributed by atoms with van der Waals surface area (Å²) in [6.07, 6.45) is -1.64. The molecule has 5 heteroatoms. The minimum absolute atomic E-state index is 0.158. The Balaban J connectivity index is 1.73. The van der Waals surface area contributed by atoms with E-state index in [1.54, 1.807) is 0 Å². The first kappa shape index (κ1) is 15.5. The van der Waals surface area contributed by atoms with Crippen molar-refractivity contribution in [3.05, 3.63) is 71.8 Å². The highest BCUT2D eigenvalue weighted by Crippen LogP contribution is 2.38. The van der Waals surface area contributed by atoms with E-state index in [9.17, 15) is 9.90 Å². The van der Waals surface area contributed by atoms with E-state index in [1.807, 2.05) is 67.6 Å². The van der Waals surface area contributed by atoms with Crippen LogP contribution in [0.15, 0.2) is 60.7 Å². The summed E-state index contributed by atoms with van der Waals surface area (Å²) >= 11 is 0. The summed E-state index contributed by atoms with van der Waals surface area (Å²) in [6.45, 7) is 2.00. The Morgan fingerprint density at radius 3 is 2.39 bits per heavy atom. The molecule has 5 nitrogen and oxygen atoms in total. The van der Waals surface area contributed by atoms with Crippen molar-refractivity contribution in [3.63, 3.8) is 0 Å². The Morgan fingerprint density at radius 2 is 1.74 bits per heavy atom. The lowest BCUT2D eigenvalue weighted by atomic mass is 9.95. The molecule has 23 heavy (non-hydrogen) atoms. The number of benzene rings is 2. The summed E-state index contributed by atoms with van der Waals surface area (Å²) in [5.41, 5.74) is 1.79. The molecule has 2 aromatic rings. The second-order valence-corrected chi connectivity index (χ2v) is 5.58. The third-order valence-corrected chi connectivity index (χ3v) is 3.95. The van der Waals surface area contributed by atoms with Crippen molar-refractivity contribution < 1.29 is 19.5 Å². The molecule has 0 bridgehead atoms. The van der Waals surface area contributed by atoms with Crippen LogP contribution in [0.3, 0.4) is 0 Å². The van der Waals surface area contributed by atoms with Gasteiger partial charge >= 0.3 is 6.09 Å². The summed E-state index contributed by atoms with van der Waals surface area (Å²) < 4.78 is 5.31. The van der Waals surface area contributed by atoms with E-state index in [4.69, 9.17) is 9.57 Å². The molecular formula is C18H19NO4. The summed E-state index contributed by atoms with van der Waals surface area (Å²) in [5.74, 6) is -0.248. The third kappa shape index (κ3) is 3.36. The van der Waals surface area contributed by atoms with E-state index in [-0.39, 0.29) is 18.6 Å². The monoisotopic (exact) mass is 313 g/mol. The predicted molar refractivity (Wildman–Crippen MR) is 83.9 cm³/mol. The fraction of sp³-hybridized carbons (Fsp3) is 0.278. The SMILES string of the molecule is CC1C(O)ON(C(=O)OCc2ccccc2)C1c1ccccc1. The van der Waals surface area contributed by atoms with Gasteiger partial charge in [-0.2, -0.15) is 5.06 Å². The van der Waals surface area contributed by atoms with Gasteiger partial charge in [0.15, 0.2) is 6.29 Å². The molecular weight excluding hydrogens is 294 g/mol. The molecule has 3 atom stereocenters. The van der Waals surface area contributed by atoms with Crippen LogP contribution in [0.5, 0.6) is 0 Å². The zero-order valence-electron chi connectivity index (χ0n) is 12.8. The zero-order chi connectivity index (χ0) is 16.2. The van der Waals surface area contributed by atoms with E-state index in [0.717, 1.165) is 16.2 Å². The molecule has 1 N–H and O–H groups in total. The van der Waals surface area contributed by atoms with Gasteiger partial charge < -0.3 is 9.84 Å². The van der Waals surface area contributed by atoms with Crippen LogP contribution in [0.25, 0.3) is 0 Å². The molecule has 1 aliphatic rings. The molecule has 0 aliphatic carbocycles. The Hall–Kier alpha value is -2.37. The lowest BCUT2D eigenvalue weighted by Crippen LogP contribution is -2.31. The predicted octanol–water partition coefficient (Wildman–Crippen LogP) is 3.27. The molecule has 3 unspecified atom stereocenters. The van der Waals surface area contributed by atoms with Crippen molar-refractivity contribution in [3.8, 4) is 0 Å². The fourth-order valence-corrected chi connectivity index (χ4v) is 2.68. The molecule has 1 aliphatic heterocycles. The minimum Gasteiger partial charge on any atom is -0.443 e. The first-order valence-corrected chi connectivity index (χ1v) is 7.56. The van der Waals surface area contributed by atoms with Gasteiger partial charge in [-0.1, -0.05) is 67.6 Å². The number of carbonyl (C=O) groups excluding carboxylic acids is 1. The Morgan fingerprint density at radius 1 is 1.13 bits per heavy atom. The number of ether oxygens (including phenoxy) is 1. The van der Waals surface area contributed by atoms with Gasteiger partial charge in [0.1, 0.15) is 6.61 Å². The maximum Gasteiger partial charge on any atom is 0.434 e. The quantitative estimate of drug-likeness (QED) is 0.945. The second kappa shape index (κ2) is 6.81. The van der Waals surface area contributed by atoms with Crippen molar-refractivity contribution >= 4 is 6.09 Å². The molecule has 0 radical (unpaired) electrons. The van der Waals surface area contributed by atoms with E-state index < -0.39 is 12.4 Å². The normalized spacial score (nSPS) is 23.7. The molecule has 1 amide bonds. The fourth-order valence-electron chi connectivity index (χ4n) is 2.68.